The number of amides is 1. The number of aromatic nitrogens is 2. The van der Waals surface area contributed by atoms with E-state index in [1.165, 1.54) is 11.1 Å². The highest BCUT2D eigenvalue weighted by molar-refractivity contribution is 5.77. The van der Waals surface area contributed by atoms with Crippen LogP contribution in [0, 0.1) is 18.3 Å². The monoisotopic (exact) mass is 614 g/mol. The molecule has 0 saturated carbocycles. The normalized spacial score (nSPS) is 19.9. The molecule has 3 heterocycles. The molecule has 2 aromatic carbocycles. The summed E-state index contributed by atoms with van der Waals surface area (Å²) >= 11 is 0. The molecule has 240 valence electrons. The maximum absolute atomic E-state index is 12.7. The summed E-state index contributed by atoms with van der Waals surface area (Å²) in [5.41, 5.74) is 5.39. The van der Waals surface area contributed by atoms with Crippen LogP contribution in [0.5, 0.6) is 5.75 Å². The summed E-state index contributed by atoms with van der Waals surface area (Å²) in [4.78, 5) is 38.8. The van der Waals surface area contributed by atoms with E-state index in [9.17, 15) is 9.59 Å². The van der Waals surface area contributed by atoms with Crippen LogP contribution in [0.1, 0.15) is 70.2 Å². The third-order valence-electron chi connectivity index (χ3n) is 9.15. The minimum atomic E-state index is -0.517. The molecule has 0 radical (unpaired) electrons. The zero-order chi connectivity index (χ0) is 32.4. The van der Waals surface area contributed by atoms with Gasteiger partial charge in [0.05, 0.1) is 17.7 Å². The molecular weight excluding hydrogens is 568 g/mol. The third-order valence-corrected chi connectivity index (χ3v) is 9.15. The molecule has 0 spiro atoms. The standard InChI is InChI=1S/C36H46N4O5/c1-8-43-32(41)36(7)17-20-39(21-24(36)2)33-37-18-15-30(38-33)29-11-9-10-12-31(29)44-23-27-14-13-26-22-40(19-16-28(26)25(27)3)34(42)45-35(4,5)6/h9-15,18,24H,8,16-17,19-23H2,1-7H3/t24-,36-/m0/s1. The number of hydrogen-bond acceptors (Lipinski definition) is 8. The lowest BCUT2D eigenvalue weighted by atomic mass is 9.72. The SMILES string of the molecule is CCOC(=O)[C@@]1(C)CCN(c2nccc(-c3ccccc3OCc3ccc4c(c3C)CCN(C(=O)OC(C)(C)C)C4)n2)C[C@@H]1C. The number of hydrogen-bond donors (Lipinski definition) is 0. The number of carbonyl (C=O) groups is 2. The van der Waals surface area contributed by atoms with Crippen molar-refractivity contribution in [2.75, 3.05) is 31.1 Å². The van der Waals surface area contributed by atoms with E-state index < -0.39 is 11.0 Å². The van der Waals surface area contributed by atoms with Crippen LogP contribution in [-0.4, -0.2) is 58.8 Å². The van der Waals surface area contributed by atoms with E-state index in [0.717, 1.165) is 34.6 Å². The zero-order valence-corrected chi connectivity index (χ0v) is 27.7. The van der Waals surface area contributed by atoms with Crippen LogP contribution in [0.3, 0.4) is 0 Å². The van der Waals surface area contributed by atoms with Crippen molar-refractivity contribution in [3.05, 3.63) is 70.9 Å². The van der Waals surface area contributed by atoms with Gasteiger partial charge in [0.15, 0.2) is 0 Å². The van der Waals surface area contributed by atoms with Gasteiger partial charge in [-0.2, -0.15) is 0 Å². The van der Waals surface area contributed by atoms with Crippen LogP contribution in [0.4, 0.5) is 10.7 Å². The molecular formula is C36H46N4O5. The van der Waals surface area contributed by atoms with E-state index in [-0.39, 0.29) is 18.0 Å². The van der Waals surface area contributed by atoms with Gasteiger partial charge < -0.3 is 24.0 Å². The smallest absolute Gasteiger partial charge is 0.410 e. The van der Waals surface area contributed by atoms with Gasteiger partial charge in [-0.25, -0.2) is 14.8 Å². The largest absolute Gasteiger partial charge is 0.488 e. The number of rotatable bonds is 7. The summed E-state index contributed by atoms with van der Waals surface area (Å²) in [5, 5.41) is 0. The number of piperidine rings is 1. The molecule has 0 unspecified atom stereocenters. The predicted octanol–water partition coefficient (Wildman–Crippen LogP) is 6.74. The first-order valence-corrected chi connectivity index (χ1v) is 15.9. The first-order valence-electron chi connectivity index (χ1n) is 15.9. The molecule has 45 heavy (non-hydrogen) atoms. The summed E-state index contributed by atoms with van der Waals surface area (Å²) in [7, 11) is 0. The van der Waals surface area contributed by atoms with Gasteiger partial charge in [-0.3, -0.25) is 4.79 Å². The number of benzene rings is 2. The fourth-order valence-corrected chi connectivity index (χ4v) is 6.16. The van der Waals surface area contributed by atoms with Crippen LogP contribution in [0.2, 0.25) is 0 Å². The van der Waals surface area contributed by atoms with Crippen LogP contribution in [-0.2, 0) is 33.8 Å². The first-order chi connectivity index (χ1) is 21.4. The number of carbonyl (C=O) groups excluding carboxylic acids is 2. The van der Waals surface area contributed by atoms with Gasteiger partial charge in [-0.1, -0.05) is 31.2 Å². The molecule has 0 aliphatic carbocycles. The zero-order valence-electron chi connectivity index (χ0n) is 27.7. The average Bonchev–Trinajstić information content (AvgIpc) is 3.01. The van der Waals surface area contributed by atoms with Crippen molar-refractivity contribution < 1.29 is 23.8 Å². The van der Waals surface area contributed by atoms with Crippen molar-refractivity contribution in [3.63, 3.8) is 0 Å². The van der Waals surface area contributed by atoms with Crippen molar-refractivity contribution in [2.24, 2.45) is 11.3 Å². The van der Waals surface area contributed by atoms with E-state index >= 15 is 0 Å². The summed E-state index contributed by atoms with van der Waals surface area (Å²) in [5.74, 6) is 1.35. The first kappa shape index (κ1) is 32.3. The Balaban J connectivity index is 1.28. The average molecular weight is 615 g/mol. The predicted molar refractivity (Wildman–Crippen MR) is 174 cm³/mol. The number of fused-ring (bicyclic) bond motifs is 1. The molecule has 9 heteroatoms. The van der Waals surface area contributed by atoms with Crippen LogP contribution >= 0.6 is 0 Å². The Labute approximate surface area is 266 Å². The summed E-state index contributed by atoms with van der Waals surface area (Å²) in [6.45, 7) is 17.1. The fourth-order valence-electron chi connectivity index (χ4n) is 6.16. The number of esters is 1. The molecule has 0 bridgehead atoms. The van der Waals surface area contributed by atoms with E-state index in [0.29, 0.717) is 51.8 Å². The minimum absolute atomic E-state index is 0.0911. The van der Waals surface area contributed by atoms with Gasteiger partial charge in [-0.15, -0.1) is 0 Å². The molecule has 2 aliphatic heterocycles. The van der Waals surface area contributed by atoms with E-state index in [4.69, 9.17) is 19.2 Å². The quantitative estimate of drug-likeness (QED) is 0.270. The third kappa shape index (κ3) is 7.08. The summed E-state index contributed by atoms with van der Waals surface area (Å²) < 4.78 is 17.4. The number of anilines is 1. The second kappa shape index (κ2) is 13.1. The molecule has 2 atom stereocenters. The highest BCUT2D eigenvalue weighted by atomic mass is 16.6. The fraction of sp³-hybridized carbons (Fsp3) is 0.500. The van der Waals surface area contributed by atoms with Gasteiger partial charge >= 0.3 is 12.1 Å². The van der Waals surface area contributed by atoms with Gasteiger partial charge in [0.2, 0.25) is 5.95 Å². The molecule has 0 N–H and O–H groups in total. The summed E-state index contributed by atoms with van der Waals surface area (Å²) in [6, 6.07) is 14.0. The Morgan fingerprint density at radius 2 is 1.87 bits per heavy atom. The summed E-state index contributed by atoms with van der Waals surface area (Å²) in [6.07, 6.45) is 2.97. The molecule has 9 nitrogen and oxygen atoms in total. The Kier molecular flexibility index (Phi) is 9.37. The van der Waals surface area contributed by atoms with Crippen LogP contribution in [0.15, 0.2) is 48.7 Å². The second-order valence-electron chi connectivity index (χ2n) is 13.4. The van der Waals surface area contributed by atoms with E-state index in [2.05, 4.69) is 35.9 Å². The van der Waals surface area contributed by atoms with Gasteiger partial charge in [-0.05, 0) is 101 Å². The minimum Gasteiger partial charge on any atom is -0.488 e. The Morgan fingerprint density at radius 3 is 2.60 bits per heavy atom. The Bertz CT molecular complexity index is 1550. The highest BCUT2D eigenvalue weighted by Gasteiger charge is 2.44. The van der Waals surface area contributed by atoms with E-state index in [1.54, 1.807) is 11.1 Å². The van der Waals surface area contributed by atoms with Gasteiger partial charge in [0.25, 0.3) is 0 Å². The number of para-hydroxylation sites is 1. The van der Waals surface area contributed by atoms with Crippen molar-refractivity contribution in [2.45, 2.75) is 80.1 Å². The van der Waals surface area contributed by atoms with Crippen LogP contribution in [0.25, 0.3) is 11.3 Å². The highest BCUT2D eigenvalue weighted by Crippen LogP contribution is 2.39. The maximum atomic E-state index is 12.7. The van der Waals surface area contributed by atoms with Crippen molar-refractivity contribution in [1.82, 2.24) is 14.9 Å². The van der Waals surface area contributed by atoms with Crippen molar-refractivity contribution >= 4 is 18.0 Å². The molecule has 1 fully saturated rings. The lowest BCUT2D eigenvalue weighted by Crippen LogP contribution is -2.50. The van der Waals surface area contributed by atoms with E-state index in [1.807, 2.05) is 65.0 Å². The molecule has 5 rings (SSSR count). The van der Waals surface area contributed by atoms with Crippen molar-refractivity contribution in [3.8, 4) is 17.0 Å². The van der Waals surface area contributed by atoms with Crippen LogP contribution < -0.4 is 9.64 Å². The molecule has 1 saturated heterocycles. The van der Waals surface area contributed by atoms with Gasteiger partial charge in [0.1, 0.15) is 18.0 Å². The topological polar surface area (TPSA) is 94.1 Å². The molecule has 1 aromatic heterocycles. The lowest BCUT2D eigenvalue weighted by Gasteiger charge is -2.42. The maximum Gasteiger partial charge on any atom is 0.410 e. The second-order valence-corrected chi connectivity index (χ2v) is 13.4. The Morgan fingerprint density at radius 1 is 1.09 bits per heavy atom. The molecule has 2 aliphatic rings. The van der Waals surface area contributed by atoms with Crippen molar-refractivity contribution in [1.29, 1.82) is 0 Å². The number of ether oxygens (including phenoxy) is 3. The Hall–Kier alpha value is -4.14. The molecule has 1 amide bonds. The molecule has 3 aromatic rings. The lowest BCUT2D eigenvalue weighted by molar-refractivity contribution is -0.158. The van der Waals surface area contributed by atoms with Gasteiger partial charge in [0, 0.05) is 37.9 Å². The number of nitrogens with zero attached hydrogens (tertiary/aromatic N) is 4.